The number of halogens is 1. The number of carbonyl (C=O) groups is 2. The highest BCUT2D eigenvalue weighted by atomic mass is 35.5. The predicted molar refractivity (Wildman–Crippen MR) is 97.7 cm³/mol. The van der Waals surface area contributed by atoms with E-state index in [9.17, 15) is 18.0 Å². The Kier molecular flexibility index (Phi) is 6.44. The van der Waals surface area contributed by atoms with Gasteiger partial charge in [0.15, 0.2) is 5.78 Å². The van der Waals surface area contributed by atoms with Gasteiger partial charge in [0.05, 0.1) is 13.2 Å². The molecule has 1 aliphatic rings. The topological polar surface area (TPSA) is 92.8 Å². The number of nitrogens with one attached hydrogen (secondary N) is 1. The number of ketones is 1. The molecule has 0 saturated heterocycles. The number of ether oxygens (including phenoxy) is 1. The summed E-state index contributed by atoms with van der Waals surface area (Å²) in [6.07, 6.45) is 1.66. The maximum Gasteiger partial charge on any atom is 0.305 e. The molecule has 0 aliphatic carbocycles. The van der Waals surface area contributed by atoms with Crippen LogP contribution in [0.1, 0.15) is 36.9 Å². The largest absolute Gasteiger partial charge is 0.469 e. The number of nitrogens with zero attached hydrogens (tertiary/aromatic N) is 1. The van der Waals surface area contributed by atoms with Gasteiger partial charge in [0.2, 0.25) is 0 Å². The molecular weight excluding hydrogens is 380 g/mol. The van der Waals surface area contributed by atoms with E-state index in [4.69, 9.17) is 11.6 Å². The first-order valence-electron chi connectivity index (χ1n) is 8.00. The molecule has 0 radical (unpaired) electrons. The number of aryl methyl sites for hydroxylation is 1. The summed E-state index contributed by atoms with van der Waals surface area (Å²) in [5.74, 6) is -0.695. The first-order valence-corrected chi connectivity index (χ1v) is 9.82. The van der Waals surface area contributed by atoms with Gasteiger partial charge in [0.1, 0.15) is 0 Å². The minimum atomic E-state index is -3.87. The summed E-state index contributed by atoms with van der Waals surface area (Å²) >= 11 is 6.26. The van der Waals surface area contributed by atoms with Gasteiger partial charge in [-0.2, -0.15) is 13.1 Å². The van der Waals surface area contributed by atoms with E-state index >= 15 is 0 Å². The summed E-state index contributed by atoms with van der Waals surface area (Å²) in [5, 5.41) is 0.379. The lowest BCUT2D eigenvalue weighted by atomic mass is 9.96. The summed E-state index contributed by atoms with van der Waals surface area (Å²) in [5.41, 5.74) is 1.72. The number of carbonyl (C=O) groups excluding carboxylic acids is 2. The fourth-order valence-electron chi connectivity index (χ4n) is 2.64. The fraction of sp³-hybridized carbons (Fsp3) is 0.412. The van der Waals surface area contributed by atoms with Crippen LogP contribution in [0.15, 0.2) is 30.0 Å². The number of hydrogen-bond acceptors (Lipinski definition) is 5. The Morgan fingerprint density at radius 1 is 1.35 bits per heavy atom. The molecule has 7 nitrogen and oxygen atoms in total. The highest BCUT2D eigenvalue weighted by Crippen LogP contribution is 2.33. The number of Topliss-reactive ketones (excluding diaryl/α,β-unsaturated/α-hetero) is 1. The number of benzene rings is 1. The minimum Gasteiger partial charge on any atom is -0.469 e. The molecule has 1 atom stereocenters. The summed E-state index contributed by atoms with van der Waals surface area (Å²) in [6.45, 7) is 3.29. The molecule has 1 unspecified atom stereocenters. The number of hydrogen-bond donors (Lipinski definition) is 1. The van der Waals surface area contributed by atoms with E-state index in [1.807, 2.05) is 6.92 Å². The molecule has 1 aromatic rings. The number of esters is 1. The zero-order valence-electron chi connectivity index (χ0n) is 14.8. The molecule has 1 heterocycles. The average Bonchev–Trinajstić information content (AvgIpc) is 2.55. The molecule has 142 valence electrons. The van der Waals surface area contributed by atoms with E-state index in [1.54, 1.807) is 18.2 Å². The van der Waals surface area contributed by atoms with Gasteiger partial charge in [-0.3, -0.25) is 13.9 Å². The molecule has 1 aliphatic heterocycles. The van der Waals surface area contributed by atoms with Gasteiger partial charge in [-0.15, -0.1) is 0 Å². The molecule has 0 amide bonds. The summed E-state index contributed by atoms with van der Waals surface area (Å²) in [7, 11) is -2.61. The smallest absolute Gasteiger partial charge is 0.305 e. The molecule has 2 rings (SSSR count). The van der Waals surface area contributed by atoms with Crippen LogP contribution in [0.3, 0.4) is 0 Å². The third kappa shape index (κ3) is 4.63. The van der Waals surface area contributed by atoms with Crippen LogP contribution in [0.4, 0.5) is 0 Å². The van der Waals surface area contributed by atoms with E-state index in [2.05, 4.69) is 9.46 Å². The molecule has 9 heteroatoms. The van der Waals surface area contributed by atoms with Crippen molar-refractivity contribution in [3.8, 4) is 0 Å². The van der Waals surface area contributed by atoms with E-state index in [0.717, 1.165) is 9.87 Å². The van der Waals surface area contributed by atoms with Crippen molar-refractivity contribution in [1.82, 2.24) is 9.03 Å². The summed E-state index contributed by atoms with van der Waals surface area (Å²) in [4.78, 5) is 23.3. The number of methoxy groups -OCH3 is 1. The van der Waals surface area contributed by atoms with Crippen LogP contribution < -0.4 is 4.72 Å². The van der Waals surface area contributed by atoms with Gasteiger partial charge in [-0.25, -0.2) is 0 Å². The Labute approximate surface area is 158 Å². The minimum absolute atomic E-state index is 0.0512. The quantitative estimate of drug-likeness (QED) is 0.739. The molecule has 0 bridgehead atoms. The predicted octanol–water partition coefficient (Wildman–Crippen LogP) is 2.27. The van der Waals surface area contributed by atoms with Crippen molar-refractivity contribution in [3.05, 3.63) is 46.1 Å². The average molecular weight is 401 g/mol. The van der Waals surface area contributed by atoms with Crippen LogP contribution in [0.5, 0.6) is 0 Å². The van der Waals surface area contributed by atoms with E-state index < -0.39 is 22.2 Å². The Morgan fingerprint density at radius 3 is 2.62 bits per heavy atom. The van der Waals surface area contributed by atoms with Crippen LogP contribution in [0.2, 0.25) is 5.02 Å². The Morgan fingerprint density at radius 2 is 2.04 bits per heavy atom. The van der Waals surface area contributed by atoms with E-state index in [1.165, 1.54) is 20.2 Å². The van der Waals surface area contributed by atoms with Crippen LogP contribution in [0.25, 0.3) is 0 Å². The monoisotopic (exact) mass is 400 g/mol. The van der Waals surface area contributed by atoms with Crippen molar-refractivity contribution in [1.29, 1.82) is 0 Å². The Hall–Kier alpha value is -1.90. The van der Waals surface area contributed by atoms with E-state index in [0.29, 0.717) is 10.6 Å². The van der Waals surface area contributed by atoms with Crippen molar-refractivity contribution in [2.24, 2.45) is 0 Å². The molecule has 0 spiro atoms. The van der Waals surface area contributed by atoms with Crippen molar-refractivity contribution < 1.29 is 22.7 Å². The Bertz CT molecular complexity index is 851. The van der Waals surface area contributed by atoms with Crippen molar-refractivity contribution in [3.63, 3.8) is 0 Å². The lowest BCUT2D eigenvalue weighted by molar-refractivity contribution is -0.140. The van der Waals surface area contributed by atoms with Gasteiger partial charge in [-0.1, -0.05) is 23.7 Å². The molecule has 0 saturated carbocycles. The fourth-order valence-corrected chi connectivity index (χ4v) is 4.29. The third-order valence-corrected chi connectivity index (χ3v) is 5.80. The highest BCUT2D eigenvalue weighted by Gasteiger charge is 2.35. The summed E-state index contributed by atoms with van der Waals surface area (Å²) in [6, 6.07) is 4.36. The SMILES string of the molecule is COC(=O)CCCN1C=C(C(C)=O)C(c2ccc(C)cc2Cl)NS1(=O)=O. The number of rotatable bonds is 6. The van der Waals surface area contributed by atoms with Crippen LogP contribution >= 0.6 is 11.6 Å². The molecule has 0 aromatic heterocycles. The van der Waals surface area contributed by atoms with Crippen LogP contribution in [0, 0.1) is 6.92 Å². The lowest BCUT2D eigenvalue weighted by Crippen LogP contribution is -2.46. The van der Waals surface area contributed by atoms with Crippen molar-refractivity contribution in [2.75, 3.05) is 13.7 Å². The zero-order chi connectivity index (χ0) is 19.5. The zero-order valence-corrected chi connectivity index (χ0v) is 16.4. The summed E-state index contributed by atoms with van der Waals surface area (Å²) < 4.78 is 33.2. The maximum absolute atomic E-state index is 12.6. The van der Waals surface area contributed by atoms with Gasteiger partial charge < -0.3 is 4.74 Å². The first kappa shape index (κ1) is 20.4. The Balaban J connectivity index is 2.34. The molecule has 1 aromatic carbocycles. The standard InChI is InChI=1S/C17H21ClN2O5S/c1-11-6-7-13(15(18)9-11)17-14(12(2)21)10-20(26(23,24)19-17)8-4-5-16(22)25-3/h6-7,9-10,17,19H,4-5,8H2,1-3H3. The van der Waals surface area contributed by atoms with Crippen molar-refractivity contribution in [2.45, 2.75) is 32.7 Å². The second-order valence-electron chi connectivity index (χ2n) is 6.01. The van der Waals surface area contributed by atoms with Gasteiger partial charge in [-0.05, 0) is 37.5 Å². The van der Waals surface area contributed by atoms with Gasteiger partial charge in [0, 0.05) is 29.8 Å². The van der Waals surface area contributed by atoms with Crippen LogP contribution in [-0.2, 0) is 24.5 Å². The molecular formula is C17H21ClN2O5S. The third-order valence-electron chi connectivity index (χ3n) is 4.03. The molecule has 26 heavy (non-hydrogen) atoms. The lowest BCUT2D eigenvalue weighted by Gasteiger charge is -2.32. The molecule has 1 N–H and O–H groups in total. The maximum atomic E-state index is 12.6. The second kappa shape index (κ2) is 8.20. The van der Waals surface area contributed by atoms with E-state index in [-0.39, 0.29) is 30.7 Å². The van der Waals surface area contributed by atoms with Gasteiger partial charge in [0.25, 0.3) is 0 Å². The highest BCUT2D eigenvalue weighted by molar-refractivity contribution is 7.87. The molecule has 0 fully saturated rings. The van der Waals surface area contributed by atoms with Crippen molar-refractivity contribution >= 4 is 33.6 Å². The van der Waals surface area contributed by atoms with Crippen LogP contribution in [-0.4, -0.2) is 38.1 Å². The first-order chi connectivity index (χ1) is 12.2. The van der Waals surface area contributed by atoms with Gasteiger partial charge >= 0.3 is 16.2 Å². The normalized spacial score (nSPS) is 19.0. The second-order valence-corrected chi connectivity index (χ2v) is 8.07.